The Bertz CT molecular complexity index is 784. The zero-order valence-electron chi connectivity index (χ0n) is 16.4. The molecule has 1 atom stereocenters. The van der Waals surface area contributed by atoms with Gasteiger partial charge in [0.25, 0.3) is 0 Å². The molecule has 2 aromatic carbocycles. The van der Waals surface area contributed by atoms with E-state index >= 15 is 0 Å². The molecule has 1 unspecified atom stereocenters. The summed E-state index contributed by atoms with van der Waals surface area (Å²) in [5.74, 6) is 1.02. The van der Waals surface area contributed by atoms with Crippen molar-refractivity contribution >= 4 is 16.7 Å². The molecule has 2 aromatic rings. The van der Waals surface area contributed by atoms with Crippen molar-refractivity contribution in [3.8, 4) is 11.5 Å². The number of ether oxygens (including phenoxy) is 4. The second-order valence-electron chi connectivity index (χ2n) is 6.21. The summed E-state index contributed by atoms with van der Waals surface area (Å²) in [7, 11) is 0. The van der Waals surface area contributed by atoms with E-state index in [1.165, 1.54) is 0 Å². The van der Waals surface area contributed by atoms with Gasteiger partial charge in [0.15, 0.2) is 6.10 Å². The molecule has 0 N–H and O–H groups in total. The average molecular weight is 384 g/mol. The molecule has 0 heterocycles. The van der Waals surface area contributed by atoms with Crippen LogP contribution in [0.5, 0.6) is 11.5 Å². The first-order chi connectivity index (χ1) is 13.7. The SMILES string of the molecule is C=CCOCC(COc1ccc(OCCCC)c2ccccc12)OC(=O)C=C. The van der Waals surface area contributed by atoms with Gasteiger partial charge in [-0.3, -0.25) is 0 Å². The van der Waals surface area contributed by atoms with Crippen molar-refractivity contribution in [2.24, 2.45) is 0 Å². The lowest BCUT2D eigenvalue weighted by Crippen LogP contribution is -2.29. The number of unbranched alkanes of at least 4 members (excludes halogenated alkanes) is 1. The van der Waals surface area contributed by atoms with Crippen molar-refractivity contribution in [3.63, 3.8) is 0 Å². The minimum absolute atomic E-state index is 0.163. The Kier molecular flexibility index (Phi) is 9.08. The van der Waals surface area contributed by atoms with Crippen LogP contribution in [-0.2, 0) is 14.3 Å². The molecule has 0 aliphatic carbocycles. The first-order valence-corrected chi connectivity index (χ1v) is 9.48. The summed E-state index contributed by atoms with van der Waals surface area (Å²) >= 11 is 0. The number of fused-ring (bicyclic) bond motifs is 1. The molecular formula is C23H28O5. The fraction of sp³-hybridized carbons (Fsp3) is 0.348. The fourth-order valence-electron chi connectivity index (χ4n) is 2.62. The molecule has 0 aliphatic rings. The maximum absolute atomic E-state index is 11.6. The summed E-state index contributed by atoms with van der Waals surface area (Å²) < 4.78 is 22.6. The maximum atomic E-state index is 11.6. The van der Waals surface area contributed by atoms with Crippen molar-refractivity contribution in [2.75, 3.05) is 26.4 Å². The number of hydrogen-bond acceptors (Lipinski definition) is 5. The molecular weight excluding hydrogens is 356 g/mol. The standard InChI is InChI=1S/C23H28O5/c1-4-7-15-26-21-12-13-22(20-11-9-8-10-19(20)21)27-17-18(16-25-14-5-2)28-23(24)6-3/h5-6,8-13,18H,2-4,7,14-17H2,1H3. The van der Waals surface area contributed by atoms with Gasteiger partial charge in [-0.05, 0) is 18.6 Å². The van der Waals surface area contributed by atoms with Crippen LogP contribution in [0.25, 0.3) is 10.8 Å². The van der Waals surface area contributed by atoms with Crippen LogP contribution in [0.1, 0.15) is 19.8 Å². The second kappa shape index (κ2) is 11.8. The first-order valence-electron chi connectivity index (χ1n) is 9.48. The van der Waals surface area contributed by atoms with Crippen LogP contribution in [0.4, 0.5) is 0 Å². The third-order valence-electron chi connectivity index (χ3n) is 4.01. The van der Waals surface area contributed by atoms with Gasteiger partial charge in [-0.1, -0.05) is 50.3 Å². The Morgan fingerprint density at radius 2 is 1.71 bits per heavy atom. The number of esters is 1. The normalized spacial score (nSPS) is 11.6. The molecule has 0 fully saturated rings. The van der Waals surface area contributed by atoms with E-state index in [0.29, 0.717) is 19.0 Å². The van der Waals surface area contributed by atoms with Crippen LogP contribution in [0.2, 0.25) is 0 Å². The van der Waals surface area contributed by atoms with E-state index < -0.39 is 12.1 Å². The van der Waals surface area contributed by atoms with E-state index in [4.69, 9.17) is 18.9 Å². The highest BCUT2D eigenvalue weighted by atomic mass is 16.6. The van der Waals surface area contributed by atoms with E-state index in [1.54, 1.807) is 6.08 Å². The Hall–Kier alpha value is -2.79. The average Bonchev–Trinajstić information content (AvgIpc) is 2.72. The van der Waals surface area contributed by atoms with Gasteiger partial charge in [0.05, 0.1) is 19.8 Å². The van der Waals surface area contributed by atoms with E-state index in [9.17, 15) is 4.79 Å². The number of benzene rings is 2. The lowest BCUT2D eigenvalue weighted by molar-refractivity contribution is -0.147. The molecule has 0 aliphatic heterocycles. The first kappa shape index (κ1) is 21.5. The lowest BCUT2D eigenvalue weighted by atomic mass is 10.1. The second-order valence-corrected chi connectivity index (χ2v) is 6.21. The van der Waals surface area contributed by atoms with E-state index in [-0.39, 0.29) is 13.2 Å². The molecule has 0 saturated carbocycles. The fourth-order valence-corrected chi connectivity index (χ4v) is 2.62. The Morgan fingerprint density at radius 1 is 1.04 bits per heavy atom. The molecule has 0 amide bonds. The van der Waals surface area contributed by atoms with Crippen LogP contribution in [-0.4, -0.2) is 38.5 Å². The van der Waals surface area contributed by atoms with Gasteiger partial charge in [0.2, 0.25) is 0 Å². The summed E-state index contributed by atoms with van der Waals surface area (Å²) in [5, 5.41) is 1.93. The monoisotopic (exact) mass is 384 g/mol. The maximum Gasteiger partial charge on any atom is 0.330 e. The predicted octanol–water partition coefficient (Wildman–Crippen LogP) is 4.70. The molecule has 0 radical (unpaired) electrons. The van der Waals surface area contributed by atoms with Gasteiger partial charge in [-0.2, -0.15) is 0 Å². The smallest absolute Gasteiger partial charge is 0.330 e. The molecule has 2 rings (SSSR count). The molecule has 0 bridgehead atoms. The zero-order valence-corrected chi connectivity index (χ0v) is 16.4. The Labute approximate surface area is 166 Å². The molecule has 150 valence electrons. The van der Waals surface area contributed by atoms with Gasteiger partial charge < -0.3 is 18.9 Å². The highest BCUT2D eigenvalue weighted by molar-refractivity contribution is 5.93. The Morgan fingerprint density at radius 3 is 2.32 bits per heavy atom. The summed E-state index contributed by atoms with van der Waals surface area (Å²) in [6.07, 6.45) is 4.30. The number of carbonyl (C=O) groups excluding carboxylic acids is 1. The third-order valence-corrected chi connectivity index (χ3v) is 4.01. The topological polar surface area (TPSA) is 54.0 Å². The molecule has 0 aromatic heterocycles. The lowest BCUT2D eigenvalue weighted by Gasteiger charge is -2.19. The van der Waals surface area contributed by atoms with Gasteiger partial charge in [0, 0.05) is 16.8 Å². The minimum Gasteiger partial charge on any atom is -0.493 e. The largest absolute Gasteiger partial charge is 0.493 e. The van der Waals surface area contributed by atoms with Crippen molar-refractivity contribution < 1.29 is 23.7 Å². The molecule has 0 saturated heterocycles. The summed E-state index contributed by atoms with van der Waals surface area (Å²) in [4.78, 5) is 11.6. The molecule has 5 nitrogen and oxygen atoms in total. The van der Waals surface area contributed by atoms with Crippen LogP contribution < -0.4 is 9.47 Å². The number of rotatable bonds is 13. The Balaban J connectivity index is 2.12. The number of carbonyl (C=O) groups is 1. The van der Waals surface area contributed by atoms with Crippen LogP contribution in [0.3, 0.4) is 0 Å². The minimum atomic E-state index is -0.551. The van der Waals surface area contributed by atoms with Gasteiger partial charge >= 0.3 is 5.97 Å². The quantitative estimate of drug-likeness (QED) is 0.217. The van der Waals surface area contributed by atoms with E-state index in [1.807, 2.05) is 36.4 Å². The predicted molar refractivity (Wildman–Crippen MR) is 111 cm³/mol. The van der Waals surface area contributed by atoms with Crippen molar-refractivity contribution in [2.45, 2.75) is 25.9 Å². The van der Waals surface area contributed by atoms with Crippen molar-refractivity contribution in [1.82, 2.24) is 0 Å². The van der Waals surface area contributed by atoms with E-state index in [0.717, 1.165) is 35.4 Å². The summed E-state index contributed by atoms with van der Waals surface area (Å²) in [5.41, 5.74) is 0. The highest BCUT2D eigenvalue weighted by Crippen LogP contribution is 2.33. The zero-order chi connectivity index (χ0) is 20.2. The van der Waals surface area contributed by atoms with E-state index in [2.05, 4.69) is 20.1 Å². The molecule has 0 spiro atoms. The highest BCUT2D eigenvalue weighted by Gasteiger charge is 2.16. The summed E-state index contributed by atoms with van der Waals surface area (Å²) in [6, 6.07) is 11.7. The summed E-state index contributed by atoms with van der Waals surface area (Å²) in [6.45, 7) is 10.6. The number of hydrogen-bond donors (Lipinski definition) is 0. The van der Waals surface area contributed by atoms with Crippen molar-refractivity contribution in [1.29, 1.82) is 0 Å². The third kappa shape index (κ3) is 6.43. The molecule has 5 heteroatoms. The van der Waals surface area contributed by atoms with Crippen LogP contribution in [0, 0.1) is 0 Å². The van der Waals surface area contributed by atoms with Gasteiger partial charge in [-0.25, -0.2) is 4.79 Å². The van der Waals surface area contributed by atoms with Gasteiger partial charge in [-0.15, -0.1) is 6.58 Å². The van der Waals surface area contributed by atoms with Crippen LogP contribution >= 0.6 is 0 Å². The van der Waals surface area contributed by atoms with Crippen LogP contribution in [0.15, 0.2) is 61.7 Å². The molecule has 28 heavy (non-hydrogen) atoms. The van der Waals surface area contributed by atoms with Gasteiger partial charge in [0.1, 0.15) is 18.1 Å². The van der Waals surface area contributed by atoms with Crippen molar-refractivity contribution in [3.05, 3.63) is 61.7 Å².